The molecule has 0 bridgehead atoms. The number of amides is 1. The molecule has 3 aromatic rings. The van der Waals surface area contributed by atoms with E-state index in [0.29, 0.717) is 10.8 Å². The Balaban J connectivity index is 1.80. The minimum Gasteiger partial charge on any atom is -0.491 e. The third-order valence-electron chi connectivity index (χ3n) is 4.01. The molecular formula is C20H21N3O3. The minimum atomic E-state index is -0.340. The van der Waals surface area contributed by atoms with Gasteiger partial charge in [-0.2, -0.15) is 5.10 Å². The topological polar surface area (TPSA) is 84.1 Å². The summed E-state index contributed by atoms with van der Waals surface area (Å²) in [6.45, 7) is 5.83. The SMILES string of the molecule is CC(C)Oc1ccc(C(C)NC(=O)c2n[nH]c(=O)c3ccccc23)cc1. The number of carbonyl (C=O) groups excluding carboxylic acids is 1. The molecule has 26 heavy (non-hydrogen) atoms. The number of hydrogen-bond acceptors (Lipinski definition) is 4. The van der Waals surface area contributed by atoms with Crippen LogP contribution in [0.15, 0.2) is 53.3 Å². The predicted octanol–water partition coefficient (Wildman–Crippen LogP) is 3.20. The average Bonchev–Trinajstić information content (AvgIpc) is 2.62. The summed E-state index contributed by atoms with van der Waals surface area (Å²) in [5, 5.41) is 10.2. The highest BCUT2D eigenvalue weighted by Gasteiger charge is 2.17. The fourth-order valence-corrected chi connectivity index (χ4v) is 2.74. The van der Waals surface area contributed by atoms with Crippen molar-refractivity contribution in [3.8, 4) is 5.75 Å². The van der Waals surface area contributed by atoms with Crippen LogP contribution < -0.4 is 15.6 Å². The molecule has 2 N–H and O–H groups in total. The van der Waals surface area contributed by atoms with Gasteiger partial charge in [-0.05, 0) is 44.5 Å². The molecule has 3 rings (SSSR count). The number of aromatic nitrogens is 2. The van der Waals surface area contributed by atoms with Crippen molar-refractivity contribution in [1.29, 1.82) is 0 Å². The second-order valence-corrected chi connectivity index (χ2v) is 6.38. The van der Waals surface area contributed by atoms with Crippen molar-refractivity contribution >= 4 is 16.7 Å². The maximum atomic E-state index is 12.6. The molecule has 6 nitrogen and oxygen atoms in total. The number of benzene rings is 2. The molecule has 1 aromatic heterocycles. The molecule has 134 valence electrons. The Kier molecular flexibility index (Phi) is 5.02. The van der Waals surface area contributed by atoms with Crippen molar-refractivity contribution in [2.45, 2.75) is 32.9 Å². The van der Waals surface area contributed by atoms with Crippen molar-refractivity contribution in [2.75, 3.05) is 0 Å². The van der Waals surface area contributed by atoms with Crippen LogP contribution in [0.25, 0.3) is 10.8 Å². The van der Waals surface area contributed by atoms with E-state index >= 15 is 0 Å². The van der Waals surface area contributed by atoms with Crippen LogP contribution in [0.4, 0.5) is 0 Å². The molecule has 0 aliphatic carbocycles. The first-order valence-electron chi connectivity index (χ1n) is 8.50. The molecule has 0 saturated carbocycles. The third-order valence-corrected chi connectivity index (χ3v) is 4.01. The van der Waals surface area contributed by atoms with Crippen LogP contribution in [-0.4, -0.2) is 22.2 Å². The zero-order chi connectivity index (χ0) is 18.7. The Morgan fingerprint density at radius 2 is 1.69 bits per heavy atom. The monoisotopic (exact) mass is 351 g/mol. The molecule has 0 aliphatic rings. The summed E-state index contributed by atoms with van der Waals surface area (Å²) in [6, 6.07) is 14.3. The quantitative estimate of drug-likeness (QED) is 0.739. The van der Waals surface area contributed by atoms with Crippen LogP contribution in [0, 0.1) is 0 Å². The number of nitrogens with one attached hydrogen (secondary N) is 2. The van der Waals surface area contributed by atoms with Gasteiger partial charge in [0.15, 0.2) is 5.69 Å². The zero-order valence-corrected chi connectivity index (χ0v) is 14.9. The maximum Gasteiger partial charge on any atom is 0.272 e. The van der Waals surface area contributed by atoms with Crippen molar-refractivity contribution in [2.24, 2.45) is 0 Å². The Labute approximate surface area is 151 Å². The largest absolute Gasteiger partial charge is 0.491 e. The number of hydrogen-bond donors (Lipinski definition) is 2. The molecule has 0 aliphatic heterocycles. The standard InChI is InChI=1S/C20H21N3O3/c1-12(2)26-15-10-8-14(9-11-15)13(3)21-20(25)18-16-6-4-5-7-17(16)19(24)23-22-18/h4-13H,1-3H3,(H,21,25)(H,23,24). The van der Waals surface area contributed by atoms with Crippen LogP contribution in [0.2, 0.25) is 0 Å². The fraction of sp³-hybridized carbons (Fsp3) is 0.250. The number of carbonyl (C=O) groups is 1. The highest BCUT2D eigenvalue weighted by molar-refractivity contribution is 6.04. The second-order valence-electron chi connectivity index (χ2n) is 6.38. The summed E-state index contributed by atoms with van der Waals surface area (Å²) in [7, 11) is 0. The van der Waals surface area contributed by atoms with Crippen molar-refractivity contribution in [1.82, 2.24) is 15.5 Å². The van der Waals surface area contributed by atoms with E-state index in [-0.39, 0.29) is 29.3 Å². The molecule has 0 spiro atoms. The highest BCUT2D eigenvalue weighted by Crippen LogP contribution is 2.19. The number of nitrogens with zero attached hydrogens (tertiary/aromatic N) is 1. The minimum absolute atomic E-state index is 0.109. The molecular weight excluding hydrogens is 330 g/mol. The summed E-state index contributed by atoms with van der Waals surface area (Å²) in [5.41, 5.74) is 0.834. The van der Waals surface area contributed by atoms with Gasteiger partial charge in [-0.25, -0.2) is 5.10 Å². The van der Waals surface area contributed by atoms with Gasteiger partial charge in [0, 0.05) is 5.39 Å². The summed E-state index contributed by atoms with van der Waals surface area (Å²) in [5.74, 6) is 0.447. The Bertz CT molecular complexity index is 978. The molecule has 0 radical (unpaired) electrons. The normalized spacial score (nSPS) is 12.2. The number of ether oxygens (including phenoxy) is 1. The van der Waals surface area contributed by atoms with Gasteiger partial charge in [-0.1, -0.05) is 30.3 Å². The lowest BCUT2D eigenvalue weighted by atomic mass is 10.1. The van der Waals surface area contributed by atoms with Crippen molar-refractivity contribution in [3.05, 3.63) is 70.1 Å². The van der Waals surface area contributed by atoms with Crippen LogP contribution in [0.1, 0.15) is 42.9 Å². The van der Waals surface area contributed by atoms with E-state index in [4.69, 9.17) is 4.74 Å². The second kappa shape index (κ2) is 7.39. The van der Waals surface area contributed by atoms with Crippen molar-refractivity contribution in [3.63, 3.8) is 0 Å². The molecule has 1 amide bonds. The molecule has 1 atom stereocenters. The smallest absolute Gasteiger partial charge is 0.272 e. The summed E-state index contributed by atoms with van der Waals surface area (Å²) >= 11 is 0. The van der Waals surface area contributed by atoms with Crippen molar-refractivity contribution < 1.29 is 9.53 Å². The number of H-pyrrole nitrogens is 1. The van der Waals surface area contributed by atoms with E-state index in [1.54, 1.807) is 24.3 Å². The third kappa shape index (κ3) is 3.74. The van der Waals surface area contributed by atoms with Gasteiger partial charge in [0.2, 0.25) is 0 Å². The van der Waals surface area contributed by atoms with Gasteiger partial charge in [0.05, 0.1) is 17.5 Å². The van der Waals surface area contributed by atoms with Gasteiger partial charge >= 0.3 is 0 Å². The predicted molar refractivity (Wildman–Crippen MR) is 100 cm³/mol. The Hall–Kier alpha value is -3.15. The van der Waals surface area contributed by atoms with Crippen LogP contribution in [-0.2, 0) is 0 Å². The van der Waals surface area contributed by atoms with Gasteiger partial charge in [-0.15, -0.1) is 0 Å². The van der Waals surface area contributed by atoms with Crippen LogP contribution >= 0.6 is 0 Å². The lowest BCUT2D eigenvalue weighted by Gasteiger charge is -2.16. The van der Waals surface area contributed by atoms with E-state index in [1.807, 2.05) is 45.0 Å². The van der Waals surface area contributed by atoms with Gasteiger partial charge in [0.25, 0.3) is 11.5 Å². The van der Waals surface area contributed by atoms with E-state index in [9.17, 15) is 9.59 Å². The van der Waals surface area contributed by atoms with Crippen LogP contribution in [0.3, 0.4) is 0 Å². The first-order chi connectivity index (χ1) is 12.5. The number of aromatic amines is 1. The van der Waals surface area contributed by atoms with E-state index in [2.05, 4.69) is 15.5 Å². The highest BCUT2D eigenvalue weighted by atomic mass is 16.5. The molecule has 1 heterocycles. The molecule has 6 heteroatoms. The van der Waals surface area contributed by atoms with E-state index in [0.717, 1.165) is 11.3 Å². The van der Waals surface area contributed by atoms with E-state index < -0.39 is 0 Å². The van der Waals surface area contributed by atoms with Crippen LogP contribution in [0.5, 0.6) is 5.75 Å². The van der Waals surface area contributed by atoms with Gasteiger partial charge < -0.3 is 10.1 Å². The molecule has 2 aromatic carbocycles. The van der Waals surface area contributed by atoms with E-state index in [1.165, 1.54) is 0 Å². The maximum absolute atomic E-state index is 12.6. The lowest BCUT2D eigenvalue weighted by Crippen LogP contribution is -2.29. The zero-order valence-electron chi connectivity index (χ0n) is 14.9. The first kappa shape index (κ1) is 17.7. The number of rotatable bonds is 5. The molecule has 0 saturated heterocycles. The average molecular weight is 351 g/mol. The Morgan fingerprint density at radius 3 is 2.35 bits per heavy atom. The summed E-state index contributed by atoms with van der Waals surface area (Å²) < 4.78 is 5.63. The Morgan fingerprint density at radius 1 is 1.04 bits per heavy atom. The fourth-order valence-electron chi connectivity index (χ4n) is 2.74. The molecule has 0 fully saturated rings. The lowest BCUT2D eigenvalue weighted by molar-refractivity contribution is 0.0935. The first-order valence-corrected chi connectivity index (χ1v) is 8.50. The van der Waals surface area contributed by atoms with Gasteiger partial charge in [0.1, 0.15) is 5.75 Å². The van der Waals surface area contributed by atoms with Gasteiger partial charge in [-0.3, -0.25) is 9.59 Å². The summed E-state index contributed by atoms with van der Waals surface area (Å²) in [6.07, 6.45) is 0.109. The summed E-state index contributed by atoms with van der Waals surface area (Å²) in [4.78, 5) is 24.5. The molecule has 1 unspecified atom stereocenters. The number of fused-ring (bicyclic) bond motifs is 1.